The van der Waals surface area contributed by atoms with Gasteiger partial charge in [-0.05, 0) is 36.6 Å². The third-order valence-electron chi connectivity index (χ3n) is 6.10. The zero-order valence-corrected chi connectivity index (χ0v) is 19.7. The van der Waals surface area contributed by atoms with Gasteiger partial charge in [0.2, 0.25) is 5.91 Å². The molecule has 0 bridgehead atoms. The predicted octanol–water partition coefficient (Wildman–Crippen LogP) is 3.32. The molecule has 1 amide bonds. The van der Waals surface area contributed by atoms with Crippen molar-refractivity contribution in [1.82, 2.24) is 14.7 Å². The Morgan fingerprint density at radius 2 is 1.76 bits per heavy atom. The zero-order valence-electron chi connectivity index (χ0n) is 18.9. The van der Waals surface area contributed by atoms with Gasteiger partial charge in [-0.2, -0.15) is 5.10 Å². The minimum atomic E-state index is -0.298. The van der Waals surface area contributed by atoms with Crippen LogP contribution in [0.3, 0.4) is 0 Å². The Morgan fingerprint density at radius 1 is 1.03 bits per heavy atom. The highest BCUT2D eigenvalue weighted by molar-refractivity contribution is 6.33. The molecule has 1 aromatic heterocycles. The van der Waals surface area contributed by atoms with Crippen LogP contribution < -0.4 is 15.8 Å². The van der Waals surface area contributed by atoms with Gasteiger partial charge in [-0.3, -0.25) is 14.5 Å². The Hall–Kier alpha value is -3.16. The summed E-state index contributed by atoms with van der Waals surface area (Å²) in [7, 11) is 0. The molecule has 33 heavy (non-hydrogen) atoms. The summed E-state index contributed by atoms with van der Waals surface area (Å²) < 4.78 is 1.38. The normalized spacial score (nSPS) is 14.3. The molecule has 0 radical (unpaired) electrons. The maximum Gasteiger partial charge on any atom is 0.287 e. The van der Waals surface area contributed by atoms with Crippen molar-refractivity contribution >= 4 is 28.9 Å². The van der Waals surface area contributed by atoms with Crippen molar-refractivity contribution in [3.05, 3.63) is 86.8 Å². The number of piperazine rings is 1. The van der Waals surface area contributed by atoms with Crippen LogP contribution in [0.15, 0.2) is 59.5 Å². The topological polar surface area (TPSA) is 70.5 Å². The van der Waals surface area contributed by atoms with E-state index in [1.165, 1.54) is 4.68 Å². The molecule has 0 spiro atoms. The van der Waals surface area contributed by atoms with Crippen molar-refractivity contribution in [1.29, 1.82) is 0 Å². The van der Waals surface area contributed by atoms with Crippen LogP contribution in [0, 0.1) is 13.8 Å². The van der Waals surface area contributed by atoms with Crippen LogP contribution in [0.2, 0.25) is 5.02 Å². The molecule has 3 aromatic rings. The number of aromatic nitrogens is 2. The molecule has 1 aliphatic rings. The lowest BCUT2D eigenvalue weighted by Gasteiger charge is -2.35. The second-order valence-corrected chi connectivity index (χ2v) is 8.73. The van der Waals surface area contributed by atoms with Crippen molar-refractivity contribution in [2.45, 2.75) is 20.4 Å². The molecule has 2 heterocycles. The van der Waals surface area contributed by atoms with E-state index >= 15 is 0 Å². The molecule has 0 saturated carbocycles. The van der Waals surface area contributed by atoms with E-state index < -0.39 is 0 Å². The van der Waals surface area contributed by atoms with Crippen molar-refractivity contribution in [3.8, 4) is 0 Å². The summed E-state index contributed by atoms with van der Waals surface area (Å²) in [5.41, 5.74) is 4.42. The van der Waals surface area contributed by atoms with Gasteiger partial charge >= 0.3 is 0 Å². The number of carbonyl (C=O) groups excluding carboxylic acids is 1. The Balaban J connectivity index is 1.35. The van der Waals surface area contributed by atoms with Gasteiger partial charge in [-0.25, -0.2) is 4.68 Å². The second-order valence-electron chi connectivity index (χ2n) is 8.35. The lowest BCUT2D eigenvalue weighted by atomic mass is 10.1. The van der Waals surface area contributed by atoms with E-state index in [9.17, 15) is 9.59 Å². The summed E-state index contributed by atoms with van der Waals surface area (Å²) >= 11 is 6.44. The molecule has 0 atom stereocenters. The van der Waals surface area contributed by atoms with Gasteiger partial charge in [0.25, 0.3) is 5.56 Å². The van der Waals surface area contributed by atoms with E-state index in [2.05, 4.69) is 20.2 Å². The third kappa shape index (κ3) is 5.43. The maximum atomic E-state index is 12.7. The molecule has 1 N–H and O–H groups in total. The van der Waals surface area contributed by atoms with Crippen LogP contribution in [0.4, 0.5) is 11.4 Å². The molecule has 2 aromatic carbocycles. The van der Waals surface area contributed by atoms with Crippen LogP contribution in [0.25, 0.3) is 0 Å². The predicted molar refractivity (Wildman–Crippen MR) is 132 cm³/mol. The standard InChI is InChI=1S/C25H28ClN5O2/c1-18-7-6-10-21(19(18)2)28-23(32)17-29-11-13-30(14-12-29)22-15-27-31(25(33)24(22)26)16-20-8-4-3-5-9-20/h3-10,15H,11-14,16-17H2,1-2H3,(H,28,32). The first kappa shape index (κ1) is 23.0. The van der Waals surface area contributed by atoms with Gasteiger partial charge in [0.1, 0.15) is 5.02 Å². The number of benzene rings is 2. The quantitative estimate of drug-likeness (QED) is 0.604. The molecule has 1 aliphatic heterocycles. The highest BCUT2D eigenvalue weighted by Gasteiger charge is 2.23. The smallest absolute Gasteiger partial charge is 0.287 e. The summed E-state index contributed by atoms with van der Waals surface area (Å²) in [5.74, 6) is -0.0274. The molecular formula is C25H28ClN5O2. The van der Waals surface area contributed by atoms with Gasteiger partial charge in [0, 0.05) is 31.9 Å². The molecular weight excluding hydrogens is 438 g/mol. The minimum absolute atomic E-state index is 0.0274. The summed E-state index contributed by atoms with van der Waals surface area (Å²) in [6.07, 6.45) is 1.66. The van der Waals surface area contributed by atoms with E-state index in [-0.39, 0.29) is 16.5 Å². The number of rotatable bonds is 6. The number of hydrogen-bond donors (Lipinski definition) is 1. The van der Waals surface area contributed by atoms with E-state index in [4.69, 9.17) is 11.6 Å². The first-order chi connectivity index (χ1) is 15.9. The molecule has 7 nitrogen and oxygen atoms in total. The third-order valence-corrected chi connectivity index (χ3v) is 6.46. The molecule has 172 valence electrons. The van der Waals surface area contributed by atoms with Crippen LogP contribution >= 0.6 is 11.6 Å². The fourth-order valence-electron chi connectivity index (χ4n) is 3.97. The molecule has 1 fully saturated rings. The van der Waals surface area contributed by atoms with Crippen LogP contribution in [0.5, 0.6) is 0 Å². The van der Waals surface area contributed by atoms with E-state index in [1.54, 1.807) is 6.20 Å². The summed E-state index contributed by atoms with van der Waals surface area (Å²) in [6, 6.07) is 15.6. The van der Waals surface area contributed by atoms with Crippen molar-refractivity contribution in [3.63, 3.8) is 0 Å². The first-order valence-electron chi connectivity index (χ1n) is 11.1. The van der Waals surface area contributed by atoms with Gasteiger partial charge < -0.3 is 10.2 Å². The number of anilines is 2. The van der Waals surface area contributed by atoms with Crippen LogP contribution in [-0.4, -0.2) is 53.3 Å². The summed E-state index contributed by atoms with van der Waals surface area (Å²) in [6.45, 7) is 7.47. The molecule has 8 heteroatoms. The number of halogens is 1. The minimum Gasteiger partial charge on any atom is -0.366 e. The zero-order chi connectivity index (χ0) is 23.4. The van der Waals surface area contributed by atoms with E-state index in [0.29, 0.717) is 45.0 Å². The Kier molecular flexibility index (Phi) is 7.11. The number of hydrogen-bond acceptors (Lipinski definition) is 5. The number of amides is 1. The Morgan fingerprint density at radius 3 is 2.48 bits per heavy atom. The fourth-order valence-corrected chi connectivity index (χ4v) is 4.24. The first-order valence-corrected chi connectivity index (χ1v) is 11.4. The van der Waals surface area contributed by atoms with Crippen molar-refractivity contribution < 1.29 is 4.79 Å². The van der Waals surface area contributed by atoms with Crippen molar-refractivity contribution in [2.24, 2.45) is 0 Å². The molecule has 1 saturated heterocycles. The monoisotopic (exact) mass is 465 g/mol. The highest BCUT2D eigenvalue weighted by atomic mass is 35.5. The number of nitrogens with zero attached hydrogens (tertiary/aromatic N) is 4. The van der Waals surface area contributed by atoms with Gasteiger partial charge in [-0.15, -0.1) is 0 Å². The van der Waals surface area contributed by atoms with Gasteiger partial charge in [-0.1, -0.05) is 54.1 Å². The lowest BCUT2D eigenvalue weighted by Crippen LogP contribution is -2.49. The average Bonchev–Trinajstić information content (AvgIpc) is 2.81. The van der Waals surface area contributed by atoms with Crippen LogP contribution in [0.1, 0.15) is 16.7 Å². The SMILES string of the molecule is Cc1cccc(NC(=O)CN2CCN(c3cnn(Cc4ccccc4)c(=O)c3Cl)CC2)c1C. The molecule has 0 aliphatic carbocycles. The number of nitrogens with one attached hydrogen (secondary N) is 1. The fraction of sp³-hybridized carbons (Fsp3) is 0.320. The largest absolute Gasteiger partial charge is 0.366 e. The summed E-state index contributed by atoms with van der Waals surface area (Å²) in [4.78, 5) is 29.5. The Bertz CT molecular complexity index is 1190. The van der Waals surface area contributed by atoms with E-state index in [0.717, 1.165) is 22.4 Å². The average molecular weight is 466 g/mol. The van der Waals surface area contributed by atoms with Gasteiger partial charge in [0.05, 0.1) is 25.0 Å². The van der Waals surface area contributed by atoms with Crippen LogP contribution in [-0.2, 0) is 11.3 Å². The van der Waals surface area contributed by atoms with E-state index in [1.807, 2.05) is 62.4 Å². The Labute approximate surface area is 198 Å². The van der Waals surface area contributed by atoms with Crippen molar-refractivity contribution in [2.75, 3.05) is 42.9 Å². The molecule has 0 unspecified atom stereocenters. The maximum absolute atomic E-state index is 12.7. The van der Waals surface area contributed by atoms with Gasteiger partial charge in [0.15, 0.2) is 0 Å². The number of aryl methyl sites for hydroxylation is 1. The molecule has 4 rings (SSSR count). The number of carbonyl (C=O) groups is 1. The summed E-state index contributed by atoms with van der Waals surface area (Å²) in [5, 5.41) is 7.54. The highest BCUT2D eigenvalue weighted by Crippen LogP contribution is 2.23. The second kappa shape index (κ2) is 10.2. The lowest BCUT2D eigenvalue weighted by molar-refractivity contribution is -0.117.